The van der Waals surface area contributed by atoms with Crippen LogP contribution in [0.15, 0.2) is 41.3 Å². The maximum atomic E-state index is 11.3. The number of benzene rings is 1. The number of allylic oxidation sites excluding steroid dienone is 2. The lowest BCUT2D eigenvalue weighted by atomic mass is 10.1. The van der Waals surface area contributed by atoms with Gasteiger partial charge in [0.2, 0.25) is 0 Å². The molecule has 4 nitrogen and oxygen atoms in total. The van der Waals surface area contributed by atoms with Crippen LogP contribution in [-0.2, 0) is 4.79 Å². The number of imide groups is 1. The Bertz CT molecular complexity index is 609. The molecule has 110 valence electrons. The van der Waals surface area contributed by atoms with Crippen LogP contribution in [0.4, 0.5) is 4.79 Å². The summed E-state index contributed by atoms with van der Waals surface area (Å²) in [5, 5.41) is 1.88. The first-order valence-electron chi connectivity index (χ1n) is 6.54. The van der Waals surface area contributed by atoms with Gasteiger partial charge in [-0.15, -0.1) is 0 Å². The molecule has 0 saturated carbocycles. The van der Waals surface area contributed by atoms with Gasteiger partial charge in [0.25, 0.3) is 11.1 Å². The van der Waals surface area contributed by atoms with E-state index in [9.17, 15) is 9.59 Å². The lowest BCUT2D eigenvalue weighted by molar-refractivity contribution is -0.115. The summed E-state index contributed by atoms with van der Waals surface area (Å²) in [5.74, 6) is 0.470. The number of thioether (sulfide) groups is 1. The van der Waals surface area contributed by atoms with Crippen molar-refractivity contribution in [1.82, 2.24) is 5.32 Å². The van der Waals surface area contributed by atoms with Crippen LogP contribution >= 0.6 is 11.8 Å². The van der Waals surface area contributed by atoms with Crippen LogP contribution in [0.25, 0.3) is 6.08 Å². The molecule has 2 amide bonds. The molecule has 0 radical (unpaired) electrons. The average molecular weight is 303 g/mol. The van der Waals surface area contributed by atoms with Crippen molar-refractivity contribution in [2.24, 2.45) is 0 Å². The van der Waals surface area contributed by atoms with Gasteiger partial charge in [-0.2, -0.15) is 0 Å². The molecule has 2 rings (SSSR count). The first-order valence-corrected chi connectivity index (χ1v) is 7.36. The van der Waals surface area contributed by atoms with Gasteiger partial charge in [-0.25, -0.2) is 0 Å². The Hall–Kier alpha value is -2.01. The number of rotatable bonds is 3. The van der Waals surface area contributed by atoms with Crippen LogP contribution in [0.2, 0.25) is 0 Å². The SMILES string of the molecule is CC(C)(C)Oc1ccc(C=CC=C2SC(=O)NC2=O)cc1. The van der Waals surface area contributed by atoms with Crippen LogP contribution in [0.3, 0.4) is 0 Å². The standard InChI is InChI=1S/C16H17NO3S/c1-16(2,3)20-12-9-7-11(8-10-12)5-4-6-13-14(18)17-15(19)21-13/h4-10H,1-3H3,(H,17,18,19). The molecule has 0 atom stereocenters. The van der Waals surface area contributed by atoms with Gasteiger partial charge in [0, 0.05) is 0 Å². The normalized spacial score (nSPS) is 17.6. The first kappa shape index (κ1) is 15.4. The minimum Gasteiger partial charge on any atom is -0.488 e. The molecule has 0 aliphatic carbocycles. The van der Waals surface area contributed by atoms with Gasteiger partial charge in [0.1, 0.15) is 11.4 Å². The highest BCUT2D eigenvalue weighted by atomic mass is 32.2. The van der Waals surface area contributed by atoms with Crippen LogP contribution < -0.4 is 10.1 Å². The summed E-state index contributed by atoms with van der Waals surface area (Å²) in [6, 6.07) is 7.67. The van der Waals surface area contributed by atoms with E-state index in [0.717, 1.165) is 23.1 Å². The number of hydrogen-bond donors (Lipinski definition) is 1. The topological polar surface area (TPSA) is 55.4 Å². The van der Waals surface area contributed by atoms with Crippen molar-refractivity contribution in [3.8, 4) is 5.75 Å². The summed E-state index contributed by atoms with van der Waals surface area (Å²) in [6.07, 6.45) is 5.25. The smallest absolute Gasteiger partial charge is 0.290 e. The molecule has 0 bridgehead atoms. The van der Waals surface area contributed by atoms with Gasteiger partial charge in [-0.05, 0) is 56.3 Å². The Morgan fingerprint density at radius 1 is 1.14 bits per heavy atom. The monoisotopic (exact) mass is 303 g/mol. The summed E-state index contributed by atoms with van der Waals surface area (Å²) in [4.78, 5) is 22.7. The third-order valence-corrected chi connectivity index (χ3v) is 3.31. The summed E-state index contributed by atoms with van der Waals surface area (Å²) in [5.41, 5.74) is 0.768. The molecular weight excluding hydrogens is 286 g/mol. The van der Waals surface area contributed by atoms with Crippen molar-refractivity contribution in [3.63, 3.8) is 0 Å². The minimum absolute atomic E-state index is 0.221. The molecule has 1 aromatic rings. The summed E-state index contributed by atoms with van der Waals surface area (Å²) in [6.45, 7) is 6.00. The first-order chi connectivity index (χ1) is 9.83. The van der Waals surface area contributed by atoms with E-state index in [1.54, 1.807) is 12.2 Å². The fourth-order valence-corrected chi connectivity index (χ4v) is 2.32. The molecule has 1 fully saturated rings. The number of nitrogens with one attached hydrogen (secondary N) is 1. The van der Waals surface area contributed by atoms with Gasteiger partial charge in [0.05, 0.1) is 4.91 Å². The average Bonchev–Trinajstić information content (AvgIpc) is 2.68. The third kappa shape index (κ3) is 4.79. The molecule has 21 heavy (non-hydrogen) atoms. The van der Waals surface area contributed by atoms with Crippen LogP contribution in [0.1, 0.15) is 26.3 Å². The van der Waals surface area contributed by atoms with E-state index >= 15 is 0 Å². The Balaban J connectivity index is 2.00. The number of ether oxygens (including phenoxy) is 1. The van der Waals surface area contributed by atoms with Crippen molar-refractivity contribution in [1.29, 1.82) is 0 Å². The van der Waals surface area contributed by atoms with Gasteiger partial charge in [-0.1, -0.05) is 24.3 Å². The second-order valence-corrected chi connectivity index (χ2v) is 6.53. The van der Waals surface area contributed by atoms with Gasteiger partial charge in [-0.3, -0.25) is 14.9 Å². The number of hydrogen-bond acceptors (Lipinski definition) is 4. The van der Waals surface area contributed by atoms with Crippen molar-refractivity contribution in [2.75, 3.05) is 0 Å². The van der Waals surface area contributed by atoms with Crippen molar-refractivity contribution < 1.29 is 14.3 Å². The predicted molar refractivity (Wildman–Crippen MR) is 85.1 cm³/mol. The fourth-order valence-electron chi connectivity index (χ4n) is 1.68. The van der Waals surface area contributed by atoms with Gasteiger partial charge >= 0.3 is 0 Å². The molecule has 0 unspecified atom stereocenters. The molecule has 5 heteroatoms. The highest BCUT2D eigenvalue weighted by Gasteiger charge is 2.24. The highest BCUT2D eigenvalue weighted by Crippen LogP contribution is 2.23. The number of carbonyl (C=O) groups is 2. The maximum absolute atomic E-state index is 11.3. The van der Waals surface area contributed by atoms with E-state index in [1.807, 2.05) is 51.1 Å². The molecule has 0 spiro atoms. The minimum atomic E-state index is -0.344. The Morgan fingerprint density at radius 3 is 2.33 bits per heavy atom. The lowest BCUT2D eigenvalue weighted by Gasteiger charge is -2.21. The molecule has 0 aromatic heterocycles. The van der Waals surface area contributed by atoms with E-state index in [0.29, 0.717) is 4.91 Å². The van der Waals surface area contributed by atoms with Gasteiger partial charge < -0.3 is 4.74 Å². The zero-order valence-electron chi connectivity index (χ0n) is 12.2. The van der Waals surface area contributed by atoms with Crippen LogP contribution in [-0.4, -0.2) is 16.7 Å². The Labute approximate surface area is 128 Å². The molecule has 1 aromatic carbocycles. The molecule has 1 heterocycles. The summed E-state index contributed by atoms with van der Waals surface area (Å²) >= 11 is 0.908. The van der Waals surface area contributed by atoms with Crippen LogP contribution in [0.5, 0.6) is 5.75 Å². The van der Waals surface area contributed by atoms with Crippen molar-refractivity contribution >= 4 is 29.0 Å². The van der Waals surface area contributed by atoms with E-state index in [2.05, 4.69) is 5.32 Å². The predicted octanol–water partition coefficient (Wildman–Crippen LogP) is 3.74. The zero-order chi connectivity index (χ0) is 15.5. The summed E-state index contributed by atoms with van der Waals surface area (Å²) < 4.78 is 5.74. The molecule has 1 saturated heterocycles. The Morgan fingerprint density at radius 2 is 1.81 bits per heavy atom. The number of amides is 2. The second kappa shape index (κ2) is 6.18. The third-order valence-electron chi connectivity index (χ3n) is 2.48. The van der Waals surface area contributed by atoms with E-state index < -0.39 is 0 Å². The zero-order valence-corrected chi connectivity index (χ0v) is 13.0. The van der Waals surface area contributed by atoms with Crippen molar-refractivity contribution in [2.45, 2.75) is 26.4 Å². The Kier molecular flexibility index (Phi) is 4.53. The van der Waals surface area contributed by atoms with Gasteiger partial charge in [0.15, 0.2) is 0 Å². The van der Waals surface area contributed by atoms with Crippen LogP contribution in [0, 0.1) is 0 Å². The molecule has 1 N–H and O–H groups in total. The quantitative estimate of drug-likeness (QED) is 0.864. The fraction of sp³-hybridized carbons (Fsp3) is 0.250. The largest absolute Gasteiger partial charge is 0.488 e. The highest BCUT2D eigenvalue weighted by molar-refractivity contribution is 8.18. The lowest BCUT2D eigenvalue weighted by Crippen LogP contribution is -2.22. The molecular formula is C16H17NO3S. The summed E-state index contributed by atoms with van der Waals surface area (Å²) in [7, 11) is 0. The van der Waals surface area contributed by atoms with E-state index in [4.69, 9.17) is 4.74 Å². The molecule has 1 aliphatic rings. The number of carbonyl (C=O) groups excluding carboxylic acids is 2. The second-order valence-electron chi connectivity index (χ2n) is 5.52. The van der Waals surface area contributed by atoms with E-state index in [-0.39, 0.29) is 16.7 Å². The van der Waals surface area contributed by atoms with Crippen molar-refractivity contribution in [3.05, 3.63) is 46.9 Å². The molecule has 1 aliphatic heterocycles. The maximum Gasteiger partial charge on any atom is 0.290 e. The van der Waals surface area contributed by atoms with E-state index in [1.165, 1.54) is 0 Å².